The predicted molar refractivity (Wildman–Crippen MR) is 105 cm³/mol. The zero-order valence-electron chi connectivity index (χ0n) is 13.6. The van der Waals surface area contributed by atoms with Crippen LogP contribution in [-0.2, 0) is 6.42 Å². The fraction of sp³-hybridized carbons (Fsp3) is 0.100. The molecule has 2 heterocycles. The number of carbonyl (C=O) groups excluding carboxylic acids is 1. The van der Waals surface area contributed by atoms with Gasteiger partial charge in [0.1, 0.15) is 0 Å². The number of nitrogens with one attached hydrogen (secondary N) is 2. The molecule has 1 amide bonds. The fourth-order valence-corrected chi connectivity index (χ4v) is 3.47. The maximum Gasteiger partial charge on any atom is 0.257 e. The molecular formula is C20H16BrN3O. The molecule has 124 valence electrons. The number of anilines is 1. The van der Waals surface area contributed by atoms with Gasteiger partial charge < -0.3 is 10.3 Å². The quantitative estimate of drug-likeness (QED) is 0.496. The minimum atomic E-state index is -0.182. The third-order valence-electron chi connectivity index (χ3n) is 4.33. The van der Waals surface area contributed by atoms with E-state index in [9.17, 15) is 4.79 Å². The van der Waals surface area contributed by atoms with Gasteiger partial charge in [-0.15, -0.1) is 0 Å². The van der Waals surface area contributed by atoms with E-state index >= 15 is 0 Å². The number of hydrogen-bond donors (Lipinski definition) is 2. The second kappa shape index (κ2) is 6.33. The molecule has 0 fully saturated rings. The number of rotatable bonds is 3. The Balaban J connectivity index is 1.72. The Labute approximate surface area is 153 Å². The van der Waals surface area contributed by atoms with E-state index < -0.39 is 0 Å². The number of para-hydroxylation sites is 1. The van der Waals surface area contributed by atoms with E-state index in [1.807, 2.05) is 18.2 Å². The summed E-state index contributed by atoms with van der Waals surface area (Å²) in [4.78, 5) is 19.9. The summed E-state index contributed by atoms with van der Waals surface area (Å²) in [5.74, 6) is -0.182. The van der Waals surface area contributed by atoms with Crippen LogP contribution in [0.2, 0.25) is 0 Å². The number of aromatic nitrogens is 2. The van der Waals surface area contributed by atoms with Crippen LogP contribution >= 0.6 is 15.9 Å². The summed E-state index contributed by atoms with van der Waals surface area (Å²) >= 11 is 3.33. The second-order valence-corrected chi connectivity index (χ2v) is 6.84. The lowest BCUT2D eigenvalue weighted by Gasteiger charge is -2.05. The van der Waals surface area contributed by atoms with Crippen LogP contribution in [0, 0.1) is 0 Å². The van der Waals surface area contributed by atoms with Crippen molar-refractivity contribution in [2.45, 2.75) is 13.3 Å². The Morgan fingerprint density at radius 2 is 2.04 bits per heavy atom. The van der Waals surface area contributed by atoms with Crippen LogP contribution in [0.5, 0.6) is 0 Å². The van der Waals surface area contributed by atoms with Crippen molar-refractivity contribution >= 4 is 49.3 Å². The molecule has 0 bridgehead atoms. The number of aromatic amines is 1. The van der Waals surface area contributed by atoms with Crippen LogP contribution in [0.1, 0.15) is 22.8 Å². The van der Waals surface area contributed by atoms with Crippen LogP contribution in [0.3, 0.4) is 0 Å². The van der Waals surface area contributed by atoms with Crippen molar-refractivity contribution < 1.29 is 4.79 Å². The maximum atomic E-state index is 12.4. The molecular weight excluding hydrogens is 378 g/mol. The number of H-pyrrole nitrogens is 1. The lowest BCUT2D eigenvalue weighted by molar-refractivity contribution is 0.102. The molecule has 2 aromatic heterocycles. The molecule has 2 aromatic carbocycles. The highest BCUT2D eigenvalue weighted by atomic mass is 79.9. The van der Waals surface area contributed by atoms with Crippen LogP contribution < -0.4 is 5.32 Å². The number of halogens is 1. The van der Waals surface area contributed by atoms with Crippen molar-refractivity contribution in [3.05, 3.63) is 70.5 Å². The Morgan fingerprint density at radius 3 is 2.84 bits per heavy atom. The first-order chi connectivity index (χ1) is 12.2. The van der Waals surface area contributed by atoms with Crippen molar-refractivity contribution in [3.63, 3.8) is 0 Å². The number of fused-ring (bicyclic) bond motifs is 3. The van der Waals surface area contributed by atoms with Gasteiger partial charge in [0.15, 0.2) is 0 Å². The summed E-state index contributed by atoms with van der Waals surface area (Å²) < 4.78 is 0.776. The van der Waals surface area contributed by atoms with Crippen molar-refractivity contribution in [1.82, 2.24) is 9.97 Å². The maximum absolute atomic E-state index is 12.4. The number of nitrogens with zero attached hydrogens (tertiary/aromatic N) is 1. The van der Waals surface area contributed by atoms with E-state index in [0.717, 1.165) is 27.5 Å². The van der Waals surface area contributed by atoms with Crippen LogP contribution in [-0.4, -0.2) is 15.9 Å². The molecule has 4 aromatic rings. The summed E-state index contributed by atoms with van der Waals surface area (Å²) in [5, 5.41) is 5.30. The van der Waals surface area contributed by atoms with E-state index in [0.29, 0.717) is 5.56 Å². The fourth-order valence-electron chi connectivity index (χ4n) is 3.10. The molecule has 0 spiro atoms. The third-order valence-corrected chi connectivity index (χ3v) is 4.76. The summed E-state index contributed by atoms with van der Waals surface area (Å²) in [6.45, 7) is 2.15. The average molecular weight is 394 g/mol. The van der Waals surface area contributed by atoms with Gasteiger partial charge in [0.25, 0.3) is 5.91 Å². The lowest BCUT2D eigenvalue weighted by Crippen LogP contribution is -2.12. The van der Waals surface area contributed by atoms with E-state index in [1.165, 1.54) is 16.5 Å². The number of amides is 1. The smallest absolute Gasteiger partial charge is 0.257 e. The lowest BCUT2D eigenvalue weighted by atomic mass is 10.1. The number of carbonyl (C=O) groups is 1. The molecule has 25 heavy (non-hydrogen) atoms. The van der Waals surface area contributed by atoms with E-state index in [1.54, 1.807) is 18.5 Å². The van der Waals surface area contributed by atoms with E-state index in [-0.39, 0.29) is 5.91 Å². The van der Waals surface area contributed by atoms with Crippen molar-refractivity contribution in [2.75, 3.05) is 5.32 Å². The zero-order chi connectivity index (χ0) is 17.4. The molecule has 0 aliphatic carbocycles. The second-order valence-electron chi connectivity index (χ2n) is 5.92. The number of aryl methyl sites for hydroxylation is 1. The van der Waals surface area contributed by atoms with E-state index in [2.05, 4.69) is 56.3 Å². The molecule has 5 heteroatoms. The van der Waals surface area contributed by atoms with Gasteiger partial charge in [0.2, 0.25) is 0 Å². The van der Waals surface area contributed by atoms with Gasteiger partial charge in [-0.25, -0.2) is 0 Å². The third kappa shape index (κ3) is 2.91. The van der Waals surface area contributed by atoms with Gasteiger partial charge in [0.05, 0.1) is 5.56 Å². The molecule has 0 saturated carbocycles. The SMILES string of the molecule is CCc1cccc2c1[nH]c1cc(NC(=O)c3cncc(Br)c3)ccc12. The van der Waals surface area contributed by atoms with Crippen molar-refractivity contribution in [1.29, 1.82) is 0 Å². The summed E-state index contributed by atoms with van der Waals surface area (Å²) in [6.07, 6.45) is 4.18. The standard InChI is InChI=1S/C20H16BrN3O/c1-2-12-4-3-5-17-16-7-6-15(9-18(16)24-19(12)17)23-20(25)13-8-14(21)11-22-10-13/h3-11,24H,2H2,1H3,(H,23,25). The highest BCUT2D eigenvalue weighted by Crippen LogP contribution is 2.29. The first kappa shape index (κ1) is 15.8. The highest BCUT2D eigenvalue weighted by molar-refractivity contribution is 9.10. The summed E-state index contributed by atoms with van der Waals surface area (Å²) in [6, 6.07) is 14.0. The van der Waals surface area contributed by atoms with Crippen molar-refractivity contribution in [2.24, 2.45) is 0 Å². The molecule has 0 aliphatic heterocycles. The molecule has 4 nitrogen and oxygen atoms in total. The Morgan fingerprint density at radius 1 is 1.16 bits per heavy atom. The van der Waals surface area contributed by atoms with E-state index in [4.69, 9.17) is 0 Å². The highest BCUT2D eigenvalue weighted by Gasteiger charge is 2.10. The van der Waals surface area contributed by atoms with Gasteiger partial charge >= 0.3 is 0 Å². The summed E-state index contributed by atoms with van der Waals surface area (Å²) in [7, 11) is 0. The number of benzene rings is 2. The Bertz CT molecular complexity index is 1100. The van der Waals surface area contributed by atoms with Crippen molar-refractivity contribution in [3.8, 4) is 0 Å². The predicted octanol–water partition coefficient (Wildman–Crippen LogP) is 5.29. The minimum Gasteiger partial charge on any atom is -0.354 e. The topological polar surface area (TPSA) is 57.8 Å². The van der Waals surface area contributed by atoms with Crippen LogP contribution in [0.4, 0.5) is 5.69 Å². The molecule has 0 aliphatic rings. The average Bonchev–Trinajstić information content (AvgIpc) is 2.99. The monoisotopic (exact) mass is 393 g/mol. The Hall–Kier alpha value is -2.66. The first-order valence-corrected chi connectivity index (χ1v) is 8.90. The van der Waals surface area contributed by atoms with Gasteiger partial charge in [0, 0.05) is 44.4 Å². The van der Waals surface area contributed by atoms with Crippen LogP contribution in [0.15, 0.2) is 59.3 Å². The van der Waals surface area contributed by atoms with Gasteiger partial charge in [-0.2, -0.15) is 0 Å². The Kier molecular flexibility index (Phi) is 4.01. The van der Waals surface area contributed by atoms with Gasteiger partial charge in [-0.1, -0.05) is 31.2 Å². The first-order valence-electron chi connectivity index (χ1n) is 8.11. The molecule has 4 rings (SSSR count). The summed E-state index contributed by atoms with van der Waals surface area (Å²) in [5.41, 5.74) is 4.74. The van der Waals surface area contributed by atoms with Gasteiger partial charge in [-0.05, 0) is 46.1 Å². The van der Waals surface area contributed by atoms with Crippen LogP contribution in [0.25, 0.3) is 21.8 Å². The largest absolute Gasteiger partial charge is 0.354 e. The van der Waals surface area contributed by atoms with Gasteiger partial charge in [-0.3, -0.25) is 9.78 Å². The molecule has 0 radical (unpaired) electrons. The molecule has 0 atom stereocenters. The number of pyridine rings is 1. The zero-order valence-corrected chi connectivity index (χ0v) is 15.2. The molecule has 2 N–H and O–H groups in total. The molecule has 0 saturated heterocycles. The molecule has 0 unspecified atom stereocenters. The number of hydrogen-bond acceptors (Lipinski definition) is 2. The normalized spacial score (nSPS) is 11.1. The minimum absolute atomic E-state index is 0.182.